The molecule has 102 valence electrons. The number of halogens is 1. The first-order chi connectivity index (χ1) is 9.60. The third-order valence-corrected chi connectivity index (χ3v) is 3.71. The zero-order valence-corrected chi connectivity index (χ0v) is 12.3. The molecule has 3 nitrogen and oxygen atoms in total. The Kier molecular flexibility index (Phi) is 3.14. The van der Waals surface area contributed by atoms with Crippen molar-refractivity contribution in [3.05, 3.63) is 47.0 Å². The summed E-state index contributed by atoms with van der Waals surface area (Å²) in [6, 6.07) is 11.8. The predicted molar refractivity (Wildman–Crippen MR) is 85.0 cm³/mol. The third-order valence-electron chi connectivity index (χ3n) is 3.48. The molecule has 0 atom stereocenters. The second-order valence-electron chi connectivity index (χ2n) is 4.90. The zero-order chi connectivity index (χ0) is 14.3. The van der Waals surface area contributed by atoms with Gasteiger partial charge in [0.25, 0.3) is 0 Å². The van der Waals surface area contributed by atoms with E-state index in [1.807, 2.05) is 30.3 Å². The zero-order valence-electron chi connectivity index (χ0n) is 11.5. The number of hydrogen-bond donors (Lipinski definition) is 1. The summed E-state index contributed by atoms with van der Waals surface area (Å²) in [5.41, 5.74) is 11.0. The van der Waals surface area contributed by atoms with Crippen LogP contribution in [0.2, 0.25) is 5.02 Å². The molecule has 0 aliphatic rings. The average molecular weight is 286 g/mol. The predicted octanol–water partition coefficient (Wildman–Crippen LogP) is 4.27. The Morgan fingerprint density at radius 3 is 2.75 bits per heavy atom. The van der Waals surface area contributed by atoms with Crippen LogP contribution in [0.5, 0.6) is 0 Å². The first-order valence-electron chi connectivity index (χ1n) is 6.62. The number of hydrogen-bond acceptors (Lipinski definition) is 2. The molecule has 0 unspecified atom stereocenters. The topological polar surface area (TPSA) is 43.8 Å². The maximum absolute atomic E-state index is 6.12. The van der Waals surface area contributed by atoms with Crippen LogP contribution in [0.25, 0.3) is 22.4 Å². The monoisotopic (exact) mass is 285 g/mol. The van der Waals surface area contributed by atoms with Crippen LogP contribution in [-0.2, 0) is 6.54 Å². The second-order valence-corrected chi connectivity index (χ2v) is 5.34. The fourth-order valence-corrected chi connectivity index (χ4v) is 2.66. The fourth-order valence-electron chi connectivity index (χ4n) is 2.49. The first kappa shape index (κ1) is 13.0. The van der Waals surface area contributed by atoms with Crippen molar-refractivity contribution in [3.63, 3.8) is 0 Å². The molecule has 0 bridgehead atoms. The lowest BCUT2D eigenvalue weighted by molar-refractivity contribution is 0.796. The van der Waals surface area contributed by atoms with Crippen molar-refractivity contribution in [2.75, 3.05) is 5.73 Å². The van der Waals surface area contributed by atoms with Gasteiger partial charge in [-0.05, 0) is 44.2 Å². The van der Waals surface area contributed by atoms with Crippen molar-refractivity contribution < 1.29 is 0 Å². The van der Waals surface area contributed by atoms with Crippen LogP contribution in [0, 0.1) is 6.92 Å². The lowest BCUT2D eigenvalue weighted by Gasteiger charge is -2.09. The summed E-state index contributed by atoms with van der Waals surface area (Å²) in [6.45, 7) is 4.99. The molecule has 0 fully saturated rings. The molecule has 3 rings (SSSR count). The van der Waals surface area contributed by atoms with E-state index < -0.39 is 0 Å². The van der Waals surface area contributed by atoms with E-state index in [1.165, 1.54) is 5.56 Å². The van der Waals surface area contributed by atoms with Crippen molar-refractivity contribution in [3.8, 4) is 11.4 Å². The van der Waals surface area contributed by atoms with E-state index in [0.29, 0.717) is 5.02 Å². The van der Waals surface area contributed by atoms with Gasteiger partial charge in [-0.15, -0.1) is 0 Å². The summed E-state index contributed by atoms with van der Waals surface area (Å²) >= 11 is 6.05. The van der Waals surface area contributed by atoms with E-state index in [4.69, 9.17) is 22.3 Å². The molecule has 0 saturated heterocycles. The van der Waals surface area contributed by atoms with Crippen LogP contribution >= 0.6 is 11.6 Å². The number of rotatable bonds is 2. The molecule has 2 N–H and O–H groups in total. The molecule has 4 heteroatoms. The van der Waals surface area contributed by atoms with Crippen LogP contribution in [0.15, 0.2) is 36.4 Å². The molecule has 0 aliphatic carbocycles. The lowest BCUT2D eigenvalue weighted by atomic mass is 10.1. The van der Waals surface area contributed by atoms with Gasteiger partial charge in [-0.3, -0.25) is 0 Å². The van der Waals surface area contributed by atoms with E-state index in [-0.39, 0.29) is 0 Å². The molecule has 0 spiro atoms. The van der Waals surface area contributed by atoms with Gasteiger partial charge in [-0.25, -0.2) is 4.98 Å². The molecule has 0 aliphatic heterocycles. The van der Waals surface area contributed by atoms with E-state index >= 15 is 0 Å². The number of aromatic nitrogens is 2. The normalized spacial score (nSPS) is 11.2. The van der Waals surface area contributed by atoms with Crippen molar-refractivity contribution >= 4 is 28.3 Å². The SMILES string of the molecule is CCn1c(-c2cc(C)ccc2N)nc2cc(Cl)ccc21. The summed E-state index contributed by atoms with van der Waals surface area (Å²) in [5.74, 6) is 0.894. The maximum Gasteiger partial charge on any atom is 0.143 e. The van der Waals surface area contributed by atoms with Crippen molar-refractivity contribution in [2.24, 2.45) is 0 Å². The van der Waals surface area contributed by atoms with E-state index in [9.17, 15) is 0 Å². The molecular formula is C16H16ClN3. The van der Waals surface area contributed by atoms with Gasteiger partial charge < -0.3 is 10.3 Å². The van der Waals surface area contributed by atoms with Gasteiger partial charge in [-0.1, -0.05) is 23.2 Å². The van der Waals surface area contributed by atoms with Crippen LogP contribution in [0.4, 0.5) is 5.69 Å². The van der Waals surface area contributed by atoms with Crippen LogP contribution in [0.3, 0.4) is 0 Å². The highest BCUT2D eigenvalue weighted by Gasteiger charge is 2.14. The Morgan fingerprint density at radius 1 is 1.20 bits per heavy atom. The van der Waals surface area contributed by atoms with Gasteiger partial charge in [-0.2, -0.15) is 0 Å². The van der Waals surface area contributed by atoms with E-state index in [2.05, 4.69) is 24.5 Å². The van der Waals surface area contributed by atoms with Gasteiger partial charge in [0.15, 0.2) is 0 Å². The van der Waals surface area contributed by atoms with Gasteiger partial charge in [0.2, 0.25) is 0 Å². The minimum absolute atomic E-state index is 0.696. The number of benzene rings is 2. The van der Waals surface area contributed by atoms with Crippen molar-refractivity contribution in [1.29, 1.82) is 0 Å². The van der Waals surface area contributed by atoms with Crippen molar-refractivity contribution in [2.45, 2.75) is 20.4 Å². The Morgan fingerprint density at radius 2 is 2.00 bits per heavy atom. The number of anilines is 1. The first-order valence-corrected chi connectivity index (χ1v) is 7.00. The molecule has 0 saturated carbocycles. The molecular weight excluding hydrogens is 270 g/mol. The molecule has 1 heterocycles. The Bertz CT molecular complexity index is 790. The maximum atomic E-state index is 6.12. The highest BCUT2D eigenvalue weighted by Crippen LogP contribution is 2.30. The number of nitrogens with zero attached hydrogens (tertiary/aromatic N) is 2. The van der Waals surface area contributed by atoms with E-state index in [0.717, 1.165) is 34.7 Å². The van der Waals surface area contributed by atoms with Crippen LogP contribution in [0.1, 0.15) is 12.5 Å². The quantitative estimate of drug-likeness (QED) is 0.715. The summed E-state index contributed by atoms with van der Waals surface area (Å²) in [5, 5.41) is 0.696. The Hall–Kier alpha value is -2.00. The number of nitrogens with two attached hydrogens (primary N) is 1. The second kappa shape index (κ2) is 4.84. The van der Waals surface area contributed by atoms with E-state index in [1.54, 1.807) is 0 Å². The summed E-state index contributed by atoms with van der Waals surface area (Å²) in [4.78, 5) is 4.72. The minimum Gasteiger partial charge on any atom is -0.398 e. The Balaban J connectivity index is 2.32. The van der Waals surface area contributed by atoms with Gasteiger partial charge in [0, 0.05) is 22.8 Å². The smallest absolute Gasteiger partial charge is 0.143 e. The summed E-state index contributed by atoms with van der Waals surface area (Å²) in [6.07, 6.45) is 0. The highest BCUT2D eigenvalue weighted by molar-refractivity contribution is 6.31. The highest BCUT2D eigenvalue weighted by atomic mass is 35.5. The largest absolute Gasteiger partial charge is 0.398 e. The number of nitrogen functional groups attached to an aromatic ring is 1. The lowest BCUT2D eigenvalue weighted by Crippen LogP contribution is -2.00. The molecule has 1 aromatic heterocycles. The average Bonchev–Trinajstić information content (AvgIpc) is 2.78. The molecule has 3 aromatic rings. The third kappa shape index (κ3) is 2.04. The molecule has 0 amide bonds. The standard InChI is InChI=1S/C16H16ClN3/c1-3-20-15-7-5-11(17)9-14(15)19-16(20)12-8-10(2)4-6-13(12)18/h4-9H,3,18H2,1-2H3. The van der Waals surface area contributed by atoms with Crippen LogP contribution in [-0.4, -0.2) is 9.55 Å². The van der Waals surface area contributed by atoms with Crippen LogP contribution < -0.4 is 5.73 Å². The molecule has 2 aromatic carbocycles. The fraction of sp³-hybridized carbons (Fsp3) is 0.188. The van der Waals surface area contributed by atoms with Gasteiger partial charge in [0.05, 0.1) is 11.0 Å². The summed E-state index contributed by atoms with van der Waals surface area (Å²) < 4.78 is 2.16. The van der Waals surface area contributed by atoms with Crippen molar-refractivity contribution in [1.82, 2.24) is 9.55 Å². The number of fused-ring (bicyclic) bond motifs is 1. The molecule has 20 heavy (non-hydrogen) atoms. The van der Waals surface area contributed by atoms with Gasteiger partial charge in [0.1, 0.15) is 5.82 Å². The number of aryl methyl sites for hydroxylation is 2. The Labute approximate surface area is 123 Å². The minimum atomic E-state index is 0.696. The summed E-state index contributed by atoms with van der Waals surface area (Å²) in [7, 11) is 0. The number of imidazole rings is 1. The van der Waals surface area contributed by atoms with Gasteiger partial charge >= 0.3 is 0 Å². The molecule has 0 radical (unpaired) electrons.